The highest BCUT2D eigenvalue weighted by Crippen LogP contribution is 2.44. The van der Waals surface area contributed by atoms with E-state index in [4.69, 9.17) is 11.6 Å². The summed E-state index contributed by atoms with van der Waals surface area (Å²) in [5.41, 5.74) is 3.24. The highest BCUT2D eigenvalue weighted by Gasteiger charge is 2.40. The van der Waals surface area contributed by atoms with Crippen LogP contribution in [0.5, 0.6) is 0 Å². The molecule has 1 aromatic heterocycles. The third-order valence-corrected chi connectivity index (χ3v) is 5.12. The van der Waals surface area contributed by atoms with Gasteiger partial charge in [-0.2, -0.15) is 4.98 Å². The van der Waals surface area contributed by atoms with Gasteiger partial charge in [0.25, 0.3) is 5.56 Å². The van der Waals surface area contributed by atoms with Crippen LogP contribution >= 0.6 is 11.6 Å². The minimum absolute atomic E-state index is 0.0837. The van der Waals surface area contributed by atoms with Gasteiger partial charge in [0.1, 0.15) is 5.82 Å². The number of rotatable bonds is 2. The molecule has 0 amide bonds. The molecular weight excluding hydrogens is 324 g/mol. The summed E-state index contributed by atoms with van der Waals surface area (Å²) >= 11 is 6.26. The molecule has 0 radical (unpaired) electrons. The SMILES string of the molecule is CC1(C)c2c(CCO)cccc2-n2c1nc(=O)c1c(Cl)cccc12. The van der Waals surface area contributed by atoms with Crippen molar-refractivity contribution in [1.29, 1.82) is 0 Å². The second-order valence-corrected chi connectivity index (χ2v) is 7.03. The van der Waals surface area contributed by atoms with E-state index in [-0.39, 0.29) is 12.2 Å². The van der Waals surface area contributed by atoms with Crippen molar-refractivity contribution in [2.75, 3.05) is 6.61 Å². The van der Waals surface area contributed by atoms with Crippen molar-refractivity contribution >= 4 is 22.5 Å². The van der Waals surface area contributed by atoms with Crippen molar-refractivity contribution in [3.63, 3.8) is 0 Å². The molecule has 0 fully saturated rings. The Hall–Kier alpha value is -2.17. The highest BCUT2D eigenvalue weighted by molar-refractivity contribution is 6.35. The second-order valence-electron chi connectivity index (χ2n) is 6.62. The van der Waals surface area contributed by atoms with Crippen molar-refractivity contribution in [1.82, 2.24) is 9.55 Å². The number of aromatic nitrogens is 2. The molecule has 3 aromatic rings. The van der Waals surface area contributed by atoms with Crippen molar-refractivity contribution in [3.8, 4) is 5.69 Å². The van der Waals surface area contributed by atoms with Gasteiger partial charge in [-0.1, -0.05) is 29.8 Å². The lowest BCUT2D eigenvalue weighted by Gasteiger charge is -2.21. The van der Waals surface area contributed by atoms with Crippen LogP contribution in [-0.2, 0) is 11.8 Å². The minimum atomic E-state index is -0.420. The molecule has 4 rings (SSSR count). The Labute approximate surface area is 144 Å². The first kappa shape index (κ1) is 15.4. The van der Waals surface area contributed by atoms with E-state index in [2.05, 4.69) is 18.8 Å². The second kappa shape index (κ2) is 5.16. The fourth-order valence-corrected chi connectivity index (χ4v) is 4.08. The Morgan fingerprint density at radius 2 is 1.96 bits per heavy atom. The molecule has 0 aliphatic carbocycles. The maximum atomic E-state index is 12.6. The van der Waals surface area contributed by atoms with Gasteiger partial charge in [-0.05, 0) is 49.6 Å². The summed E-state index contributed by atoms with van der Waals surface area (Å²) in [4.78, 5) is 16.9. The third kappa shape index (κ3) is 1.90. The van der Waals surface area contributed by atoms with Crippen LogP contribution in [0.3, 0.4) is 0 Å². The number of nitrogens with zero attached hydrogens (tertiary/aromatic N) is 2. The fourth-order valence-electron chi connectivity index (χ4n) is 3.83. The summed E-state index contributed by atoms with van der Waals surface area (Å²) in [5.74, 6) is 0.711. The van der Waals surface area contributed by atoms with E-state index < -0.39 is 5.41 Å². The molecule has 1 aliphatic rings. The monoisotopic (exact) mass is 340 g/mol. The van der Waals surface area contributed by atoms with Crippen LogP contribution in [-0.4, -0.2) is 21.3 Å². The van der Waals surface area contributed by atoms with E-state index in [1.54, 1.807) is 6.07 Å². The van der Waals surface area contributed by atoms with Gasteiger partial charge in [-0.15, -0.1) is 0 Å². The molecule has 122 valence electrons. The minimum Gasteiger partial charge on any atom is -0.396 e. The van der Waals surface area contributed by atoms with Gasteiger partial charge in [-0.3, -0.25) is 9.36 Å². The first-order valence-electron chi connectivity index (χ1n) is 7.92. The highest BCUT2D eigenvalue weighted by atomic mass is 35.5. The van der Waals surface area contributed by atoms with Crippen LogP contribution in [0.15, 0.2) is 41.2 Å². The van der Waals surface area contributed by atoms with Crippen LogP contribution in [0.25, 0.3) is 16.6 Å². The van der Waals surface area contributed by atoms with E-state index in [1.165, 1.54) is 0 Å². The molecule has 0 spiro atoms. The van der Waals surface area contributed by atoms with Gasteiger partial charge in [0.15, 0.2) is 0 Å². The zero-order chi connectivity index (χ0) is 17.1. The summed E-state index contributed by atoms with van der Waals surface area (Å²) in [6.45, 7) is 4.21. The van der Waals surface area contributed by atoms with Crippen LogP contribution in [0.4, 0.5) is 0 Å². The molecule has 0 atom stereocenters. The Morgan fingerprint density at radius 1 is 1.21 bits per heavy atom. The Bertz CT molecular complexity index is 1040. The maximum Gasteiger partial charge on any atom is 0.282 e. The van der Waals surface area contributed by atoms with Crippen LogP contribution in [0, 0.1) is 0 Å². The molecule has 4 nitrogen and oxygen atoms in total. The molecule has 24 heavy (non-hydrogen) atoms. The van der Waals surface area contributed by atoms with E-state index in [1.807, 2.05) is 34.9 Å². The molecule has 2 heterocycles. The molecule has 5 heteroatoms. The van der Waals surface area contributed by atoms with Gasteiger partial charge in [0.2, 0.25) is 0 Å². The average molecular weight is 341 g/mol. The van der Waals surface area contributed by atoms with Crippen molar-refractivity contribution in [3.05, 3.63) is 68.7 Å². The molecule has 1 aliphatic heterocycles. The summed E-state index contributed by atoms with van der Waals surface area (Å²) in [7, 11) is 0. The predicted octanol–water partition coefficient (Wildman–Crippen LogP) is 3.21. The van der Waals surface area contributed by atoms with E-state index in [0.717, 1.165) is 22.3 Å². The fraction of sp³-hybridized carbons (Fsp3) is 0.263. The van der Waals surface area contributed by atoms with Crippen molar-refractivity contribution < 1.29 is 5.11 Å². The standard InChI is InChI=1S/C19H17ClN2O2/c1-19(2)16-11(9-10-23)5-3-8-14(16)22-13-7-4-6-12(20)15(13)17(24)21-18(19)22/h3-8,23H,9-10H2,1-2H3. The average Bonchev–Trinajstić information content (AvgIpc) is 2.77. The number of aliphatic hydroxyl groups is 1. The van der Waals surface area contributed by atoms with Crippen molar-refractivity contribution in [2.24, 2.45) is 0 Å². The maximum absolute atomic E-state index is 12.6. The molecule has 0 unspecified atom stereocenters. The summed E-state index contributed by atoms with van der Waals surface area (Å²) in [6.07, 6.45) is 0.573. The first-order chi connectivity index (χ1) is 11.5. The van der Waals surface area contributed by atoms with Crippen LogP contribution < -0.4 is 5.56 Å². The van der Waals surface area contributed by atoms with Crippen molar-refractivity contribution in [2.45, 2.75) is 25.7 Å². The smallest absolute Gasteiger partial charge is 0.282 e. The van der Waals surface area contributed by atoms with E-state index in [0.29, 0.717) is 22.7 Å². The van der Waals surface area contributed by atoms with Gasteiger partial charge < -0.3 is 5.11 Å². The molecule has 1 N–H and O–H groups in total. The third-order valence-electron chi connectivity index (χ3n) is 4.80. The molecular formula is C19H17ClN2O2. The summed E-state index contributed by atoms with van der Waals surface area (Å²) in [5, 5.41) is 10.3. The number of halogens is 1. The van der Waals surface area contributed by atoms with Gasteiger partial charge in [0.05, 0.1) is 27.0 Å². The zero-order valence-electron chi connectivity index (χ0n) is 13.5. The Balaban J connectivity index is 2.19. The first-order valence-corrected chi connectivity index (χ1v) is 8.30. The van der Waals surface area contributed by atoms with E-state index >= 15 is 0 Å². The Kier molecular flexibility index (Phi) is 3.31. The number of fused-ring (bicyclic) bond motifs is 5. The number of aliphatic hydroxyl groups excluding tert-OH is 1. The molecule has 2 aromatic carbocycles. The normalized spacial score (nSPS) is 14.7. The van der Waals surface area contributed by atoms with Gasteiger partial charge in [0, 0.05) is 6.61 Å². The number of benzene rings is 2. The van der Waals surface area contributed by atoms with E-state index in [9.17, 15) is 9.90 Å². The van der Waals surface area contributed by atoms with Crippen LogP contribution in [0.2, 0.25) is 5.02 Å². The quantitative estimate of drug-likeness (QED) is 0.779. The lowest BCUT2D eigenvalue weighted by molar-refractivity contribution is 0.299. The lowest BCUT2D eigenvalue weighted by Crippen LogP contribution is -2.24. The number of hydrogen-bond donors (Lipinski definition) is 1. The number of hydrogen-bond acceptors (Lipinski definition) is 3. The van der Waals surface area contributed by atoms with Gasteiger partial charge >= 0.3 is 0 Å². The largest absolute Gasteiger partial charge is 0.396 e. The molecule has 0 saturated heterocycles. The topological polar surface area (TPSA) is 55.1 Å². The molecule has 0 bridgehead atoms. The lowest BCUT2D eigenvalue weighted by atomic mass is 9.82. The van der Waals surface area contributed by atoms with Crippen LogP contribution in [0.1, 0.15) is 30.8 Å². The zero-order valence-corrected chi connectivity index (χ0v) is 14.3. The molecule has 0 saturated carbocycles. The predicted molar refractivity (Wildman–Crippen MR) is 95.3 cm³/mol. The van der Waals surface area contributed by atoms with Gasteiger partial charge in [-0.25, -0.2) is 0 Å². The summed E-state index contributed by atoms with van der Waals surface area (Å²) in [6, 6.07) is 11.5. The summed E-state index contributed by atoms with van der Waals surface area (Å²) < 4.78 is 2.03. The Morgan fingerprint density at radius 3 is 2.71 bits per heavy atom.